The summed E-state index contributed by atoms with van der Waals surface area (Å²) >= 11 is 6.11. The van der Waals surface area contributed by atoms with Gasteiger partial charge in [0.1, 0.15) is 5.82 Å². The molecule has 0 bridgehead atoms. The monoisotopic (exact) mass is 363 g/mol. The van der Waals surface area contributed by atoms with Crippen molar-refractivity contribution in [2.75, 3.05) is 16.8 Å². The Morgan fingerprint density at radius 1 is 1.15 bits per heavy atom. The third-order valence-electron chi connectivity index (χ3n) is 4.60. The molecule has 0 unspecified atom stereocenters. The summed E-state index contributed by atoms with van der Waals surface area (Å²) in [6.45, 7) is 2.83. The SMILES string of the molecule is Cc1ccc(NC(=O)c2ccc(N3CCc4ccccc43)nc2)cc1Cl. The van der Waals surface area contributed by atoms with E-state index < -0.39 is 0 Å². The number of carbonyl (C=O) groups is 1. The lowest BCUT2D eigenvalue weighted by atomic mass is 10.2. The van der Waals surface area contributed by atoms with Crippen molar-refractivity contribution in [2.24, 2.45) is 0 Å². The number of carbonyl (C=O) groups excluding carboxylic acids is 1. The summed E-state index contributed by atoms with van der Waals surface area (Å²) in [7, 11) is 0. The lowest BCUT2D eigenvalue weighted by Crippen LogP contribution is -2.16. The van der Waals surface area contributed by atoms with Crippen LogP contribution in [0.1, 0.15) is 21.5 Å². The fourth-order valence-corrected chi connectivity index (χ4v) is 3.31. The van der Waals surface area contributed by atoms with E-state index in [1.54, 1.807) is 18.3 Å². The van der Waals surface area contributed by atoms with Gasteiger partial charge in [0.25, 0.3) is 5.91 Å². The summed E-state index contributed by atoms with van der Waals surface area (Å²) in [6, 6.07) is 17.5. The molecule has 1 aromatic heterocycles. The summed E-state index contributed by atoms with van der Waals surface area (Å²) in [5, 5.41) is 3.48. The molecule has 0 aliphatic carbocycles. The number of aromatic nitrogens is 1. The molecule has 2 aromatic carbocycles. The number of amides is 1. The molecule has 1 aliphatic heterocycles. The second-order valence-electron chi connectivity index (χ2n) is 6.35. The Morgan fingerprint density at radius 3 is 2.77 bits per heavy atom. The van der Waals surface area contributed by atoms with Gasteiger partial charge in [0.15, 0.2) is 0 Å². The van der Waals surface area contributed by atoms with E-state index in [9.17, 15) is 4.79 Å². The smallest absolute Gasteiger partial charge is 0.257 e. The van der Waals surface area contributed by atoms with E-state index in [4.69, 9.17) is 11.6 Å². The van der Waals surface area contributed by atoms with Gasteiger partial charge in [-0.1, -0.05) is 35.9 Å². The largest absolute Gasteiger partial charge is 0.326 e. The van der Waals surface area contributed by atoms with Gasteiger partial charge < -0.3 is 10.2 Å². The second-order valence-corrected chi connectivity index (χ2v) is 6.76. The van der Waals surface area contributed by atoms with Gasteiger partial charge in [-0.3, -0.25) is 4.79 Å². The molecule has 5 heteroatoms. The molecular formula is C21H18ClN3O. The second kappa shape index (κ2) is 6.81. The van der Waals surface area contributed by atoms with Gasteiger partial charge in [0, 0.05) is 29.1 Å². The first-order chi connectivity index (χ1) is 12.6. The number of hydrogen-bond donors (Lipinski definition) is 1. The number of halogens is 1. The van der Waals surface area contributed by atoms with Crippen molar-refractivity contribution in [3.05, 3.63) is 82.5 Å². The number of anilines is 3. The first-order valence-electron chi connectivity index (χ1n) is 8.51. The first-order valence-corrected chi connectivity index (χ1v) is 8.88. The van der Waals surface area contributed by atoms with Crippen LogP contribution in [0.3, 0.4) is 0 Å². The first kappa shape index (κ1) is 16.6. The van der Waals surface area contributed by atoms with E-state index >= 15 is 0 Å². The molecular weight excluding hydrogens is 346 g/mol. The summed E-state index contributed by atoms with van der Waals surface area (Å²) in [4.78, 5) is 19.1. The van der Waals surface area contributed by atoms with Gasteiger partial charge in [0.05, 0.1) is 5.56 Å². The number of pyridine rings is 1. The Labute approximate surface area is 157 Å². The van der Waals surface area contributed by atoms with E-state index in [1.165, 1.54) is 11.3 Å². The molecule has 4 rings (SSSR count). The van der Waals surface area contributed by atoms with E-state index in [0.29, 0.717) is 16.3 Å². The number of fused-ring (bicyclic) bond motifs is 1. The highest BCUT2D eigenvalue weighted by atomic mass is 35.5. The normalized spacial score (nSPS) is 12.8. The minimum Gasteiger partial charge on any atom is -0.326 e. The molecule has 1 aliphatic rings. The molecule has 26 heavy (non-hydrogen) atoms. The van der Waals surface area contributed by atoms with Gasteiger partial charge in [0.2, 0.25) is 0 Å². The van der Waals surface area contributed by atoms with E-state index in [2.05, 4.69) is 33.4 Å². The molecule has 1 N–H and O–H groups in total. The summed E-state index contributed by atoms with van der Waals surface area (Å²) < 4.78 is 0. The van der Waals surface area contributed by atoms with Crippen LogP contribution in [0.15, 0.2) is 60.8 Å². The van der Waals surface area contributed by atoms with Gasteiger partial charge >= 0.3 is 0 Å². The zero-order valence-corrected chi connectivity index (χ0v) is 15.1. The van der Waals surface area contributed by atoms with Gasteiger partial charge in [-0.15, -0.1) is 0 Å². The third-order valence-corrected chi connectivity index (χ3v) is 5.01. The average Bonchev–Trinajstić information content (AvgIpc) is 3.09. The number of benzene rings is 2. The molecule has 130 valence electrons. The average molecular weight is 364 g/mol. The van der Waals surface area contributed by atoms with Crippen molar-refractivity contribution in [1.29, 1.82) is 0 Å². The van der Waals surface area contributed by atoms with Crippen molar-refractivity contribution in [3.8, 4) is 0 Å². The van der Waals surface area contributed by atoms with Crippen LogP contribution in [0.5, 0.6) is 0 Å². The number of nitrogens with one attached hydrogen (secondary N) is 1. The molecule has 0 saturated heterocycles. The van der Waals surface area contributed by atoms with Crippen LogP contribution in [-0.2, 0) is 6.42 Å². The lowest BCUT2D eigenvalue weighted by Gasteiger charge is -2.18. The molecule has 3 aromatic rings. The molecule has 2 heterocycles. The number of aryl methyl sites for hydroxylation is 1. The van der Waals surface area contributed by atoms with Crippen LogP contribution in [-0.4, -0.2) is 17.4 Å². The molecule has 0 radical (unpaired) electrons. The topological polar surface area (TPSA) is 45.2 Å². The van der Waals surface area contributed by atoms with Crippen LogP contribution >= 0.6 is 11.6 Å². The molecule has 0 atom stereocenters. The van der Waals surface area contributed by atoms with Crippen molar-refractivity contribution in [1.82, 2.24) is 4.98 Å². The highest BCUT2D eigenvalue weighted by Gasteiger charge is 2.20. The maximum Gasteiger partial charge on any atom is 0.257 e. The van der Waals surface area contributed by atoms with Crippen LogP contribution in [0.4, 0.5) is 17.2 Å². The Balaban J connectivity index is 1.51. The number of hydrogen-bond acceptors (Lipinski definition) is 3. The quantitative estimate of drug-likeness (QED) is 0.713. The van der Waals surface area contributed by atoms with E-state index in [0.717, 1.165) is 24.3 Å². The fraction of sp³-hybridized carbons (Fsp3) is 0.143. The van der Waals surface area contributed by atoms with Crippen LogP contribution in [0, 0.1) is 6.92 Å². The lowest BCUT2D eigenvalue weighted by molar-refractivity contribution is 0.102. The number of rotatable bonds is 3. The Bertz CT molecular complexity index is 969. The van der Waals surface area contributed by atoms with E-state index in [-0.39, 0.29) is 5.91 Å². The minimum absolute atomic E-state index is 0.203. The maximum atomic E-state index is 12.4. The molecule has 0 spiro atoms. The highest BCUT2D eigenvalue weighted by molar-refractivity contribution is 6.31. The molecule has 1 amide bonds. The third kappa shape index (κ3) is 3.16. The minimum atomic E-state index is -0.203. The Morgan fingerprint density at radius 2 is 2.00 bits per heavy atom. The summed E-state index contributed by atoms with van der Waals surface area (Å²) in [5.41, 5.74) is 4.67. The zero-order valence-electron chi connectivity index (χ0n) is 14.4. The number of nitrogens with zero attached hydrogens (tertiary/aromatic N) is 2. The van der Waals surface area contributed by atoms with Gasteiger partial charge in [-0.2, -0.15) is 0 Å². The van der Waals surface area contributed by atoms with Gasteiger partial charge in [-0.25, -0.2) is 4.98 Å². The fourth-order valence-electron chi connectivity index (χ4n) is 3.13. The van der Waals surface area contributed by atoms with Crippen molar-refractivity contribution >= 4 is 34.7 Å². The van der Waals surface area contributed by atoms with Crippen molar-refractivity contribution in [3.63, 3.8) is 0 Å². The van der Waals surface area contributed by atoms with Gasteiger partial charge in [-0.05, 0) is 54.8 Å². The standard InChI is InChI=1S/C21H18ClN3O/c1-14-6-8-17(12-18(14)22)24-21(26)16-7-9-20(23-13-16)25-11-10-15-4-2-3-5-19(15)25/h2-9,12-13H,10-11H2,1H3,(H,24,26). The predicted molar refractivity (Wildman–Crippen MR) is 106 cm³/mol. The molecule has 4 nitrogen and oxygen atoms in total. The van der Waals surface area contributed by atoms with Crippen molar-refractivity contribution < 1.29 is 4.79 Å². The zero-order chi connectivity index (χ0) is 18.1. The predicted octanol–water partition coefficient (Wildman–Crippen LogP) is 4.99. The Kier molecular flexibility index (Phi) is 4.35. The highest BCUT2D eigenvalue weighted by Crippen LogP contribution is 2.33. The maximum absolute atomic E-state index is 12.4. The number of para-hydroxylation sites is 1. The van der Waals surface area contributed by atoms with Crippen LogP contribution in [0.2, 0.25) is 5.02 Å². The van der Waals surface area contributed by atoms with Crippen LogP contribution < -0.4 is 10.2 Å². The van der Waals surface area contributed by atoms with E-state index in [1.807, 2.05) is 31.2 Å². The Hall–Kier alpha value is -2.85. The van der Waals surface area contributed by atoms with Crippen LogP contribution in [0.25, 0.3) is 0 Å². The molecule has 0 saturated carbocycles. The summed E-state index contributed by atoms with van der Waals surface area (Å²) in [5.74, 6) is 0.649. The van der Waals surface area contributed by atoms with Crippen molar-refractivity contribution in [2.45, 2.75) is 13.3 Å². The summed E-state index contributed by atoms with van der Waals surface area (Å²) in [6.07, 6.45) is 2.62. The molecule has 0 fully saturated rings.